The molecule has 0 bridgehead atoms. The summed E-state index contributed by atoms with van der Waals surface area (Å²) in [5.41, 5.74) is 1.30. The zero-order valence-electron chi connectivity index (χ0n) is 16.5. The lowest BCUT2D eigenvalue weighted by atomic mass is 9.71. The van der Waals surface area contributed by atoms with Crippen molar-refractivity contribution in [3.8, 4) is 11.7 Å². The van der Waals surface area contributed by atoms with Gasteiger partial charge in [0, 0.05) is 6.54 Å². The number of likely N-dealkylation sites (tertiary alicyclic amines) is 1. The van der Waals surface area contributed by atoms with Gasteiger partial charge in [-0.15, -0.1) is 5.82 Å². The van der Waals surface area contributed by atoms with Crippen LogP contribution in [0.3, 0.4) is 0 Å². The first kappa shape index (κ1) is 23.3. The molecule has 8 heteroatoms. The maximum atomic E-state index is 12.4. The van der Waals surface area contributed by atoms with Crippen LogP contribution in [-0.4, -0.2) is 51.3 Å². The zero-order chi connectivity index (χ0) is 18.6. The Hall–Kier alpha value is -2.76. The van der Waals surface area contributed by atoms with E-state index in [4.69, 9.17) is 4.74 Å². The predicted octanol–water partition coefficient (Wildman–Crippen LogP) is 1.17. The van der Waals surface area contributed by atoms with Gasteiger partial charge in [0.1, 0.15) is 17.1 Å². The monoisotopic (exact) mass is 384 g/mol. The number of hydrogen-bond donors (Lipinski definition) is 1. The number of H-pyrrole nitrogens is 1. The van der Waals surface area contributed by atoms with E-state index in [0.29, 0.717) is 6.54 Å². The molecule has 1 atom stereocenters. The van der Waals surface area contributed by atoms with Crippen LogP contribution >= 0.6 is 0 Å². The molecule has 5 N–H and O–H groups in total. The summed E-state index contributed by atoms with van der Waals surface area (Å²) in [6, 6.07) is 9.86. The lowest BCUT2D eigenvalue weighted by molar-refractivity contribution is 0.0218. The van der Waals surface area contributed by atoms with Gasteiger partial charge < -0.3 is 20.7 Å². The van der Waals surface area contributed by atoms with Crippen molar-refractivity contribution in [1.29, 1.82) is 0 Å². The Morgan fingerprint density at radius 3 is 2.68 bits per heavy atom. The van der Waals surface area contributed by atoms with Gasteiger partial charge >= 0.3 is 6.09 Å². The number of imidazole rings is 1. The summed E-state index contributed by atoms with van der Waals surface area (Å²) in [7, 11) is 1.86. The van der Waals surface area contributed by atoms with Crippen molar-refractivity contribution in [3.05, 3.63) is 48.0 Å². The van der Waals surface area contributed by atoms with Crippen LogP contribution in [0.4, 0.5) is 4.79 Å². The highest BCUT2D eigenvalue weighted by Gasteiger charge is 2.34. The van der Waals surface area contributed by atoms with Crippen LogP contribution in [0, 0.1) is 11.7 Å². The Morgan fingerprint density at radius 2 is 2.00 bits per heavy atom. The molecule has 1 aromatic carbocycles. The quantitative estimate of drug-likeness (QED) is 0.618. The van der Waals surface area contributed by atoms with Gasteiger partial charge in [-0.25, -0.2) is 9.78 Å². The Morgan fingerprint density at radius 1 is 1.29 bits per heavy atom. The molecule has 2 aromatic rings. The predicted molar refractivity (Wildman–Crippen MR) is 109 cm³/mol. The van der Waals surface area contributed by atoms with E-state index in [1.165, 1.54) is 0 Å². The average molecular weight is 384 g/mol. The molecule has 7 nitrogen and oxygen atoms in total. The van der Waals surface area contributed by atoms with Gasteiger partial charge in [-0.05, 0) is 33.6 Å². The first-order valence-electron chi connectivity index (χ1n) is 8.87. The van der Waals surface area contributed by atoms with E-state index in [9.17, 15) is 4.79 Å². The molecule has 28 heavy (non-hydrogen) atoms. The second kappa shape index (κ2) is 9.97. The Labute approximate surface area is 166 Å². The van der Waals surface area contributed by atoms with Gasteiger partial charge in [0.2, 0.25) is 0 Å². The minimum atomic E-state index is -0.503. The van der Waals surface area contributed by atoms with Crippen LogP contribution in [0.5, 0.6) is 0 Å². The van der Waals surface area contributed by atoms with E-state index >= 15 is 0 Å². The molecule has 0 saturated carbocycles. The van der Waals surface area contributed by atoms with Crippen LogP contribution in [-0.2, 0) is 4.74 Å². The number of carbonyl (C=O) groups is 1. The molecule has 0 aliphatic carbocycles. The topological polar surface area (TPSA) is 121 Å². The molecule has 1 aliphatic heterocycles. The molecular weight excluding hydrogens is 357 g/mol. The van der Waals surface area contributed by atoms with Gasteiger partial charge in [-0.2, -0.15) is 0 Å². The van der Waals surface area contributed by atoms with E-state index in [1.807, 2.05) is 58.4 Å². The maximum Gasteiger partial charge on any atom is 0.410 e. The Bertz CT molecular complexity index is 821. The first-order valence-corrected chi connectivity index (χ1v) is 8.87. The first-order chi connectivity index (χ1) is 12.4. The van der Waals surface area contributed by atoms with Crippen LogP contribution in [0.1, 0.15) is 51.2 Å². The number of aromatic nitrogens is 2. The number of nitrogens with zero attached hydrogens (tertiary/aromatic N) is 2. The molecule has 1 radical (unpaired) electrons. The van der Waals surface area contributed by atoms with Crippen molar-refractivity contribution in [3.63, 3.8) is 0 Å². The number of nitrogens with one attached hydrogen (secondary N) is 1. The number of aromatic amines is 1. The summed E-state index contributed by atoms with van der Waals surface area (Å²) in [5.74, 6) is 6.86. The van der Waals surface area contributed by atoms with Crippen molar-refractivity contribution in [2.75, 3.05) is 6.54 Å². The Kier molecular flexibility index (Phi) is 8.29. The maximum absolute atomic E-state index is 12.4. The van der Waals surface area contributed by atoms with Crippen LogP contribution < -0.4 is 5.46 Å². The van der Waals surface area contributed by atoms with Gasteiger partial charge in [-0.1, -0.05) is 41.7 Å². The Balaban J connectivity index is 0.00000196. The van der Waals surface area contributed by atoms with Crippen molar-refractivity contribution in [2.45, 2.75) is 45.3 Å². The van der Waals surface area contributed by atoms with Gasteiger partial charge in [-0.3, -0.25) is 4.90 Å². The summed E-state index contributed by atoms with van der Waals surface area (Å²) in [5, 5.41) is 0. The van der Waals surface area contributed by atoms with Gasteiger partial charge in [0.25, 0.3) is 7.28 Å². The van der Waals surface area contributed by atoms with Crippen molar-refractivity contribution < 1.29 is 20.5 Å². The standard InChI is InChI=1S/C20H23BN3O2.2H2O/c1-20(2,3)26-19(25)24-13-7-10-17(24)18-22-14-16(23-18)11-12-21-15-8-5-4-6-9-15;;/h4-6,8-9,14,17H,7,10,13H2,1-3H3,(H,22,23);2*1H2. The van der Waals surface area contributed by atoms with Crippen LogP contribution in [0.2, 0.25) is 0 Å². The third-order valence-electron chi connectivity index (χ3n) is 4.04. The van der Waals surface area contributed by atoms with Gasteiger partial charge in [0.15, 0.2) is 0 Å². The molecule has 149 valence electrons. The number of hydrogen-bond acceptors (Lipinski definition) is 3. The summed E-state index contributed by atoms with van der Waals surface area (Å²) >= 11 is 0. The SMILES string of the molecule is CC(C)(C)OC(=O)N1CCCC1c1ncc(C#C[B]c2ccccc2)[nH]1.O.O. The summed E-state index contributed by atoms with van der Waals surface area (Å²) in [6.07, 6.45) is 3.23. The van der Waals surface area contributed by atoms with Crippen LogP contribution in [0.15, 0.2) is 36.5 Å². The lowest BCUT2D eigenvalue weighted by Gasteiger charge is -2.27. The highest BCUT2D eigenvalue weighted by molar-refractivity contribution is 6.61. The summed E-state index contributed by atoms with van der Waals surface area (Å²) < 4.78 is 5.51. The normalized spacial score (nSPS) is 15.5. The fourth-order valence-electron chi connectivity index (χ4n) is 2.91. The van der Waals surface area contributed by atoms with Crippen molar-refractivity contribution in [1.82, 2.24) is 14.9 Å². The number of benzene rings is 1. The van der Waals surface area contributed by atoms with E-state index in [-0.39, 0.29) is 23.1 Å². The third kappa shape index (κ3) is 6.15. The molecular formula is C20H27BN3O4. The summed E-state index contributed by atoms with van der Waals surface area (Å²) in [6.45, 7) is 6.31. The van der Waals surface area contributed by atoms with E-state index < -0.39 is 5.60 Å². The number of amides is 1. The van der Waals surface area contributed by atoms with E-state index in [2.05, 4.69) is 21.7 Å². The fourth-order valence-corrected chi connectivity index (χ4v) is 2.91. The number of carbonyl (C=O) groups excluding carboxylic acids is 1. The molecule has 2 heterocycles. The zero-order valence-corrected chi connectivity index (χ0v) is 16.5. The molecule has 1 aliphatic rings. The van der Waals surface area contributed by atoms with Gasteiger partial charge in [0.05, 0.1) is 12.2 Å². The van der Waals surface area contributed by atoms with E-state index in [1.54, 1.807) is 11.1 Å². The molecule has 0 spiro atoms. The second-order valence-corrected chi connectivity index (χ2v) is 7.34. The second-order valence-electron chi connectivity index (χ2n) is 7.34. The molecule has 1 fully saturated rings. The summed E-state index contributed by atoms with van der Waals surface area (Å²) in [4.78, 5) is 21.8. The minimum absolute atomic E-state index is 0. The average Bonchev–Trinajstić information content (AvgIpc) is 3.23. The third-order valence-corrected chi connectivity index (χ3v) is 4.04. The van der Waals surface area contributed by atoms with Crippen LogP contribution in [0.25, 0.3) is 0 Å². The van der Waals surface area contributed by atoms with Crippen molar-refractivity contribution >= 4 is 18.8 Å². The molecule has 1 amide bonds. The molecule has 1 unspecified atom stereocenters. The fraction of sp³-hybridized carbons (Fsp3) is 0.400. The number of rotatable bonds is 2. The largest absolute Gasteiger partial charge is 0.444 e. The highest BCUT2D eigenvalue weighted by Crippen LogP contribution is 2.31. The smallest absolute Gasteiger partial charge is 0.410 e. The highest BCUT2D eigenvalue weighted by atomic mass is 16.6. The van der Waals surface area contributed by atoms with Crippen molar-refractivity contribution in [2.24, 2.45) is 0 Å². The molecule has 1 saturated heterocycles. The van der Waals surface area contributed by atoms with E-state index in [0.717, 1.165) is 29.8 Å². The lowest BCUT2D eigenvalue weighted by Crippen LogP contribution is -2.36. The number of ether oxygens (including phenoxy) is 1. The minimum Gasteiger partial charge on any atom is -0.444 e. The molecule has 1 aromatic heterocycles. The molecule has 3 rings (SSSR count).